The summed E-state index contributed by atoms with van der Waals surface area (Å²) in [6, 6.07) is 12.9. The van der Waals surface area contributed by atoms with Crippen LogP contribution in [-0.2, 0) is 9.59 Å². The lowest BCUT2D eigenvalue weighted by atomic mass is 10.1. The minimum Gasteiger partial charge on any atom is -0.480 e. The van der Waals surface area contributed by atoms with E-state index in [-0.39, 0.29) is 11.3 Å². The van der Waals surface area contributed by atoms with E-state index in [0.29, 0.717) is 10.2 Å². The van der Waals surface area contributed by atoms with Gasteiger partial charge in [0.05, 0.1) is 15.8 Å². The van der Waals surface area contributed by atoms with Crippen molar-refractivity contribution in [3.8, 4) is 16.9 Å². The number of hydrogen-bond donors (Lipinski definition) is 2. The van der Waals surface area contributed by atoms with Crippen molar-refractivity contribution in [1.82, 2.24) is 4.40 Å². The zero-order chi connectivity index (χ0) is 19.8. The maximum absolute atomic E-state index is 12.6. The molecule has 4 rings (SSSR count). The Balaban J connectivity index is 2.07. The molecule has 1 amide bonds. The number of ether oxygens (including phenoxy) is 1. The van der Waals surface area contributed by atoms with Gasteiger partial charge in [0.2, 0.25) is 0 Å². The van der Waals surface area contributed by atoms with Gasteiger partial charge in [0.25, 0.3) is 11.7 Å². The summed E-state index contributed by atoms with van der Waals surface area (Å²) < 4.78 is 7.71. The van der Waals surface area contributed by atoms with Crippen LogP contribution < -0.4 is 10.5 Å². The molecule has 140 valence electrons. The molecule has 0 aliphatic heterocycles. The third-order valence-electron chi connectivity index (χ3n) is 4.31. The number of carbonyl (C=O) groups excluding carboxylic acids is 2. The summed E-state index contributed by atoms with van der Waals surface area (Å²) in [5.74, 6) is -2.89. The highest BCUT2D eigenvalue weighted by molar-refractivity contribution is 7.18. The fraction of sp³-hybridized carbons (Fsp3) is 0.0500. The molecule has 3 aromatic heterocycles. The Morgan fingerprint density at radius 1 is 1.07 bits per heavy atom. The van der Waals surface area contributed by atoms with Crippen LogP contribution in [0.5, 0.6) is 5.75 Å². The van der Waals surface area contributed by atoms with E-state index in [2.05, 4.69) is 0 Å². The van der Waals surface area contributed by atoms with Crippen molar-refractivity contribution >= 4 is 44.7 Å². The summed E-state index contributed by atoms with van der Waals surface area (Å²) >= 11 is 1.32. The van der Waals surface area contributed by atoms with Crippen LogP contribution in [-0.4, -0.2) is 33.8 Å². The van der Waals surface area contributed by atoms with E-state index in [1.165, 1.54) is 11.3 Å². The number of nitrogens with zero attached hydrogens (tertiary/aromatic N) is 1. The molecule has 8 heteroatoms. The van der Waals surface area contributed by atoms with Gasteiger partial charge in [-0.1, -0.05) is 30.3 Å². The van der Waals surface area contributed by atoms with Crippen LogP contribution in [0.1, 0.15) is 10.4 Å². The quantitative estimate of drug-likeness (QED) is 0.386. The molecule has 4 aromatic rings. The van der Waals surface area contributed by atoms with E-state index in [9.17, 15) is 14.4 Å². The van der Waals surface area contributed by atoms with Crippen molar-refractivity contribution in [3.63, 3.8) is 0 Å². The van der Waals surface area contributed by atoms with Gasteiger partial charge in [-0.25, -0.2) is 4.79 Å². The number of Topliss-reactive ketones (excluding diaryl/α,β-unsaturated/α-hetero) is 1. The van der Waals surface area contributed by atoms with Gasteiger partial charge in [0.1, 0.15) is 11.3 Å². The summed E-state index contributed by atoms with van der Waals surface area (Å²) in [6.45, 7) is -0.575. The zero-order valence-electron chi connectivity index (χ0n) is 14.4. The Hall–Kier alpha value is -3.65. The summed E-state index contributed by atoms with van der Waals surface area (Å²) in [5, 5.41) is 10.8. The molecular weight excluding hydrogens is 380 g/mol. The molecule has 1 aromatic carbocycles. The standard InChI is InChI=1S/C20H14N2O5S/c21-20(26)18(25)15-17-13(27-9-14(23)24)7-4-8-22(17)16-12(10-28-19(15)16)11-5-2-1-3-6-11/h1-8,10H,9H2,(H2,21,26)(H,23,24). The third kappa shape index (κ3) is 2.80. The summed E-state index contributed by atoms with van der Waals surface area (Å²) in [5.41, 5.74) is 8.28. The fourth-order valence-corrected chi connectivity index (χ4v) is 4.32. The number of nitrogens with two attached hydrogens (primary N) is 1. The monoisotopic (exact) mass is 394 g/mol. The lowest BCUT2D eigenvalue weighted by Gasteiger charge is -2.08. The molecule has 0 spiro atoms. The van der Waals surface area contributed by atoms with Crippen molar-refractivity contribution in [2.24, 2.45) is 5.73 Å². The van der Waals surface area contributed by atoms with E-state index in [1.54, 1.807) is 22.7 Å². The number of carboxylic acids is 1. The van der Waals surface area contributed by atoms with Crippen LogP contribution in [0.4, 0.5) is 0 Å². The number of carbonyl (C=O) groups is 3. The molecular formula is C20H14N2O5S. The topological polar surface area (TPSA) is 111 Å². The Morgan fingerprint density at radius 3 is 2.50 bits per heavy atom. The van der Waals surface area contributed by atoms with Crippen molar-refractivity contribution in [2.45, 2.75) is 0 Å². The molecule has 0 saturated heterocycles. The number of carboxylic acid groups (broad SMARTS) is 1. The Bertz CT molecular complexity index is 1240. The van der Waals surface area contributed by atoms with Gasteiger partial charge < -0.3 is 20.0 Å². The minimum atomic E-state index is -1.15. The average molecular weight is 394 g/mol. The predicted molar refractivity (Wildman–Crippen MR) is 105 cm³/mol. The van der Waals surface area contributed by atoms with Crippen molar-refractivity contribution in [3.05, 3.63) is 59.6 Å². The molecule has 0 fully saturated rings. The summed E-state index contributed by atoms with van der Waals surface area (Å²) in [7, 11) is 0. The van der Waals surface area contributed by atoms with Gasteiger partial charge >= 0.3 is 5.97 Å². The number of aromatic nitrogens is 1. The summed E-state index contributed by atoms with van der Waals surface area (Å²) in [6.07, 6.45) is 1.74. The van der Waals surface area contributed by atoms with Crippen LogP contribution >= 0.6 is 11.3 Å². The van der Waals surface area contributed by atoms with Gasteiger partial charge in [-0.3, -0.25) is 9.59 Å². The van der Waals surface area contributed by atoms with Crippen molar-refractivity contribution in [2.75, 3.05) is 6.61 Å². The van der Waals surface area contributed by atoms with Gasteiger partial charge in [0.15, 0.2) is 6.61 Å². The number of ketones is 1. The summed E-state index contributed by atoms with van der Waals surface area (Å²) in [4.78, 5) is 35.2. The van der Waals surface area contributed by atoms with Crippen LogP contribution in [0.15, 0.2) is 54.0 Å². The Morgan fingerprint density at radius 2 is 1.82 bits per heavy atom. The molecule has 0 bridgehead atoms. The van der Waals surface area contributed by atoms with Crippen LogP contribution in [0, 0.1) is 0 Å². The Labute approximate surface area is 162 Å². The SMILES string of the molecule is NC(=O)C(=O)c1c2scc(-c3ccccc3)c2n2cccc(OCC(=O)O)c12. The second kappa shape index (κ2) is 6.82. The van der Waals surface area contributed by atoms with E-state index < -0.39 is 24.3 Å². The number of rotatable bonds is 6. The molecule has 28 heavy (non-hydrogen) atoms. The molecule has 7 nitrogen and oxygen atoms in total. The highest BCUT2D eigenvalue weighted by atomic mass is 32.1. The minimum absolute atomic E-state index is 0.121. The van der Waals surface area contributed by atoms with E-state index in [4.69, 9.17) is 15.6 Å². The number of pyridine rings is 1. The normalized spacial score (nSPS) is 11.0. The zero-order valence-corrected chi connectivity index (χ0v) is 15.2. The van der Waals surface area contributed by atoms with Crippen molar-refractivity contribution < 1.29 is 24.2 Å². The average Bonchev–Trinajstić information content (AvgIpc) is 3.25. The molecule has 0 aliphatic rings. The Kier molecular flexibility index (Phi) is 4.32. The van der Waals surface area contributed by atoms with Crippen LogP contribution in [0.2, 0.25) is 0 Å². The van der Waals surface area contributed by atoms with E-state index in [0.717, 1.165) is 16.6 Å². The number of benzene rings is 1. The number of fused-ring (bicyclic) bond motifs is 3. The van der Waals surface area contributed by atoms with Crippen molar-refractivity contribution in [1.29, 1.82) is 0 Å². The first-order chi connectivity index (χ1) is 13.5. The maximum atomic E-state index is 12.6. The number of amides is 1. The first-order valence-corrected chi connectivity index (χ1v) is 9.15. The van der Waals surface area contributed by atoms with Gasteiger partial charge in [-0.05, 0) is 17.7 Å². The van der Waals surface area contributed by atoms with E-state index in [1.807, 2.05) is 35.7 Å². The molecule has 0 atom stereocenters. The highest BCUT2D eigenvalue weighted by Crippen LogP contribution is 2.41. The second-order valence-corrected chi connectivity index (χ2v) is 6.91. The van der Waals surface area contributed by atoms with E-state index >= 15 is 0 Å². The third-order valence-corrected chi connectivity index (χ3v) is 5.30. The molecule has 3 N–H and O–H groups in total. The van der Waals surface area contributed by atoms with Gasteiger partial charge in [-0.15, -0.1) is 11.3 Å². The molecule has 0 aliphatic carbocycles. The number of hydrogen-bond acceptors (Lipinski definition) is 5. The number of thiophene rings is 1. The second-order valence-electron chi connectivity index (χ2n) is 6.03. The fourth-order valence-electron chi connectivity index (χ4n) is 3.21. The molecule has 0 radical (unpaired) electrons. The van der Waals surface area contributed by atoms with Gasteiger partial charge in [-0.2, -0.15) is 0 Å². The number of aliphatic carboxylic acids is 1. The number of primary amides is 1. The first-order valence-electron chi connectivity index (χ1n) is 8.27. The van der Waals surface area contributed by atoms with Crippen LogP contribution in [0.25, 0.3) is 26.9 Å². The highest BCUT2D eigenvalue weighted by Gasteiger charge is 2.27. The smallest absolute Gasteiger partial charge is 0.341 e. The van der Waals surface area contributed by atoms with Crippen LogP contribution in [0.3, 0.4) is 0 Å². The lowest BCUT2D eigenvalue weighted by Crippen LogP contribution is -2.23. The molecule has 3 heterocycles. The maximum Gasteiger partial charge on any atom is 0.341 e. The molecule has 0 saturated carbocycles. The lowest BCUT2D eigenvalue weighted by molar-refractivity contribution is -0.139. The predicted octanol–water partition coefficient (Wildman–Crippen LogP) is 2.95. The largest absolute Gasteiger partial charge is 0.480 e. The molecule has 0 unspecified atom stereocenters. The van der Waals surface area contributed by atoms with Gasteiger partial charge in [0, 0.05) is 17.1 Å². The first kappa shape index (κ1) is 17.7.